The minimum Gasteiger partial charge on any atom is -0.480 e. The van der Waals surface area contributed by atoms with Gasteiger partial charge in [-0.3, -0.25) is 9.59 Å². The molecule has 1 fully saturated rings. The van der Waals surface area contributed by atoms with Crippen LogP contribution in [0.4, 0.5) is 0 Å². The van der Waals surface area contributed by atoms with Crippen molar-refractivity contribution < 1.29 is 39.6 Å². The number of rotatable bonds is 4. The molecule has 1 aromatic carbocycles. The Bertz CT molecular complexity index is 806. The largest absolute Gasteiger partial charge is 0.480 e. The number of aliphatic carboxylic acids is 2. The molecule has 0 amide bonds. The fourth-order valence-corrected chi connectivity index (χ4v) is 2.93. The van der Waals surface area contributed by atoms with E-state index < -0.39 is 34.7 Å². The van der Waals surface area contributed by atoms with E-state index in [-0.39, 0.29) is 11.1 Å². The molecule has 174 valence electrons. The van der Waals surface area contributed by atoms with Crippen LogP contribution in [0.5, 0.6) is 0 Å². The predicted octanol–water partition coefficient (Wildman–Crippen LogP) is 4.72. The van der Waals surface area contributed by atoms with E-state index in [1.54, 1.807) is 0 Å². The second-order valence-corrected chi connectivity index (χ2v) is 8.15. The highest BCUT2D eigenvalue weighted by molar-refractivity contribution is 5.93. The lowest BCUT2D eigenvalue weighted by Gasteiger charge is -2.26. The molecule has 1 saturated carbocycles. The maximum atomic E-state index is 10.8. The van der Waals surface area contributed by atoms with Crippen molar-refractivity contribution in [2.45, 2.75) is 52.4 Å². The van der Waals surface area contributed by atoms with Crippen molar-refractivity contribution in [2.75, 3.05) is 0 Å². The number of hydrogen-bond donors (Lipinski definition) is 4. The van der Waals surface area contributed by atoms with E-state index in [2.05, 4.69) is 0 Å². The molecule has 0 saturated heterocycles. The van der Waals surface area contributed by atoms with Gasteiger partial charge in [0.1, 0.15) is 10.8 Å². The first-order valence-electron chi connectivity index (χ1n) is 10.4. The van der Waals surface area contributed by atoms with E-state index in [1.165, 1.54) is 94.9 Å². The fourth-order valence-electron chi connectivity index (χ4n) is 2.93. The molecule has 0 aromatic heterocycles. The van der Waals surface area contributed by atoms with E-state index in [0.29, 0.717) is 0 Å². The summed E-state index contributed by atoms with van der Waals surface area (Å²) in [5.41, 5.74) is -2.21. The molecule has 3 rings (SSSR count). The van der Waals surface area contributed by atoms with Crippen LogP contribution in [0.25, 0.3) is 0 Å². The summed E-state index contributed by atoms with van der Waals surface area (Å²) in [6, 6.07) is 5.20. The third kappa shape index (κ3) is 8.02. The Kier molecular flexibility index (Phi) is 9.84. The molecule has 8 nitrogen and oxygen atoms in total. The van der Waals surface area contributed by atoms with Gasteiger partial charge < -0.3 is 20.4 Å². The van der Waals surface area contributed by atoms with E-state index in [1.807, 2.05) is 0 Å². The predicted molar refractivity (Wildman–Crippen MR) is 118 cm³/mol. The van der Waals surface area contributed by atoms with E-state index in [0.717, 1.165) is 6.07 Å². The SMILES string of the molecule is C1CCCCC1.CC1(C(=O)O)C=CC(C)(C(=O)O)C=C1.O=C(O)c1cccc(C(=O)O)c1. The van der Waals surface area contributed by atoms with Crippen LogP contribution >= 0.6 is 0 Å². The molecule has 0 aliphatic heterocycles. The molecule has 0 bridgehead atoms. The quantitative estimate of drug-likeness (QED) is 0.485. The van der Waals surface area contributed by atoms with Crippen LogP contribution in [0.2, 0.25) is 0 Å². The molecule has 2 aliphatic rings. The van der Waals surface area contributed by atoms with E-state index in [9.17, 15) is 19.2 Å². The van der Waals surface area contributed by atoms with Gasteiger partial charge in [-0.25, -0.2) is 9.59 Å². The van der Waals surface area contributed by atoms with Gasteiger partial charge in [-0.15, -0.1) is 0 Å². The number of carboxylic acid groups (broad SMARTS) is 4. The van der Waals surface area contributed by atoms with Crippen molar-refractivity contribution in [1.29, 1.82) is 0 Å². The molecule has 0 heterocycles. The molecule has 0 spiro atoms. The number of benzene rings is 1. The van der Waals surface area contributed by atoms with Gasteiger partial charge in [0.25, 0.3) is 0 Å². The first-order chi connectivity index (χ1) is 14.9. The molecular formula is C24H30O8. The Morgan fingerprint density at radius 1 is 0.625 bits per heavy atom. The van der Waals surface area contributed by atoms with E-state index in [4.69, 9.17) is 20.4 Å². The van der Waals surface area contributed by atoms with Crippen molar-refractivity contribution in [3.63, 3.8) is 0 Å². The third-order valence-corrected chi connectivity index (χ3v) is 5.33. The van der Waals surface area contributed by atoms with Crippen molar-refractivity contribution >= 4 is 23.9 Å². The van der Waals surface area contributed by atoms with Crippen molar-refractivity contribution in [2.24, 2.45) is 10.8 Å². The zero-order valence-electron chi connectivity index (χ0n) is 18.3. The van der Waals surface area contributed by atoms with E-state index >= 15 is 0 Å². The first-order valence-corrected chi connectivity index (χ1v) is 10.4. The molecule has 4 N–H and O–H groups in total. The average Bonchev–Trinajstić information content (AvgIpc) is 2.78. The molecule has 8 heteroatoms. The van der Waals surface area contributed by atoms with Gasteiger partial charge in [-0.2, -0.15) is 0 Å². The Hall–Kier alpha value is -3.42. The van der Waals surface area contributed by atoms with Gasteiger partial charge in [-0.05, 0) is 32.0 Å². The Balaban J connectivity index is 0.000000257. The van der Waals surface area contributed by atoms with Gasteiger partial charge in [-0.1, -0.05) is 68.9 Å². The summed E-state index contributed by atoms with van der Waals surface area (Å²) in [7, 11) is 0. The number of carbonyl (C=O) groups is 4. The minimum absolute atomic E-state index is 0.0186. The van der Waals surface area contributed by atoms with Gasteiger partial charge in [0.2, 0.25) is 0 Å². The summed E-state index contributed by atoms with van der Waals surface area (Å²) in [6.45, 7) is 3.04. The number of hydrogen-bond acceptors (Lipinski definition) is 4. The smallest absolute Gasteiger partial charge is 0.335 e. The Morgan fingerprint density at radius 3 is 1.12 bits per heavy atom. The summed E-state index contributed by atoms with van der Waals surface area (Å²) < 4.78 is 0. The molecular weight excluding hydrogens is 416 g/mol. The van der Waals surface area contributed by atoms with Crippen LogP contribution in [-0.2, 0) is 9.59 Å². The minimum atomic E-state index is -1.13. The molecule has 2 aliphatic carbocycles. The van der Waals surface area contributed by atoms with Gasteiger partial charge >= 0.3 is 23.9 Å². The normalized spacial score (nSPS) is 23.6. The summed E-state index contributed by atoms with van der Waals surface area (Å²) in [5, 5.41) is 34.7. The molecule has 0 unspecified atom stereocenters. The zero-order valence-corrected chi connectivity index (χ0v) is 18.3. The van der Waals surface area contributed by atoms with Crippen LogP contribution in [-0.4, -0.2) is 44.3 Å². The maximum absolute atomic E-state index is 10.8. The highest BCUT2D eigenvalue weighted by atomic mass is 16.4. The van der Waals surface area contributed by atoms with Crippen LogP contribution in [0.1, 0.15) is 73.1 Å². The Morgan fingerprint density at radius 2 is 0.906 bits per heavy atom. The number of aromatic carboxylic acids is 2. The van der Waals surface area contributed by atoms with Gasteiger partial charge in [0, 0.05) is 0 Å². The van der Waals surface area contributed by atoms with Crippen molar-refractivity contribution in [1.82, 2.24) is 0 Å². The molecule has 1 aromatic rings. The monoisotopic (exact) mass is 446 g/mol. The molecule has 0 radical (unpaired) electrons. The first kappa shape index (κ1) is 26.6. The Labute approximate surface area is 186 Å². The lowest BCUT2D eigenvalue weighted by Crippen LogP contribution is -2.31. The van der Waals surface area contributed by atoms with Crippen LogP contribution in [0.3, 0.4) is 0 Å². The highest BCUT2D eigenvalue weighted by Crippen LogP contribution is 2.33. The average molecular weight is 446 g/mol. The lowest BCUT2D eigenvalue weighted by atomic mass is 9.77. The molecule has 32 heavy (non-hydrogen) atoms. The number of carboxylic acids is 4. The molecule has 0 atom stereocenters. The van der Waals surface area contributed by atoms with Crippen LogP contribution in [0, 0.1) is 10.8 Å². The second kappa shape index (κ2) is 11.8. The standard InChI is InChI=1S/C10H12O4.C8H6O4.C6H12/c1-9(7(11)12)3-5-10(2,6-4-9)8(13)14;9-7(10)5-2-1-3-6(4-5)8(11)12;1-2-4-6-5-3-1/h3-6H,1-2H3,(H,11,12)(H,13,14);1-4H,(H,9,10)(H,11,12);1-6H2. The van der Waals surface area contributed by atoms with Gasteiger partial charge in [0.15, 0.2) is 0 Å². The van der Waals surface area contributed by atoms with Crippen molar-refractivity contribution in [3.05, 3.63) is 59.7 Å². The van der Waals surface area contributed by atoms with Crippen LogP contribution < -0.4 is 0 Å². The summed E-state index contributed by atoms with van der Waals surface area (Å²) in [5.74, 6) is -4.23. The summed E-state index contributed by atoms with van der Waals surface area (Å²) >= 11 is 0. The van der Waals surface area contributed by atoms with Crippen LogP contribution in [0.15, 0.2) is 48.6 Å². The van der Waals surface area contributed by atoms with Crippen molar-refractivity contribution in [3.8, 4) is 0 Å². The zero-order chi connectivity index (χ0) is 24.4. The summed E-state index contributed by atoms with van der Waals surface area (Å²) in [4.78, 5) is 42.4. The maximum Gasteiger partial charge on any atom is 0.335 e. The topological polar surface area (TPSA) is 149 Å². The lowest BCUT2D eigenvalue weighted by molar-refractivity contribution is -0.145. The fraction of sp³-hybridized carbons (Fsp3) is 0.417. The van der Waals surface area contributed by atoms with Gasteiger partial charge in [0.05, 0.1) is 11.1 Å². The highest BCUT2D eigenvalue weighted by Gasteiger charge is 2.36. The second-order valence-electron chi connectivity index (χ2n) is 8.15. The third-order valence-electron chi connectivity index (χ3n) is 5.33. The summed E-state index contributed by atoms with van der Waals surface area (Å²) in [6.07, 6.45) is 14.6.